The molecule has 3 aliphatic rings. The van der Waals surface area contributed by atoms with Gasteiger partial charge in [0, 0.05) is 37.9 Å². The molecular formula is C49H47ClF4N8O6. The number of rotatable bonds is 14. The summed E-state index contributed by atoms with van der Waals surface area (Å²) in [7, 11) is 3.09. The van der Waals surface area contributed by atoms with E-state index in [-0.39, 0.29) is 78.6 Å². The molecule has 2 fully saturated rings. The van der Waals surface area contributed by atoms with Gasteiger partial charge in [-0.3, -0.25) is 10.2 Å². The maximum Gasteiger partial charge on any atom is 0.418 e. The summed E-state index contributed by atoms with van der Waals surface area (Å²) >= 11 is 7.18. The van der Waals surface area contributed by atoms with Crippen molar-refractivity contribution in [3.05, 3.63) is 124 Å². The van der Waals surface area contributed by atoms with Crippen LogP contribution in [-0.4, -0.2) is 88.6 Å². The van der Waals surface area contributed by atoms with E-state index in [2.05, 4.69) is 31.7 Å². The molecule has 6 aromatic rings. The number of fused-ring (bicyclic) bond motifs is 1. The number of ether oxygens (including phenoxy) is 4. The first-order valence-electron chi connectivity index (χ1n) is 21.8. The molecule has 354 valence electrons. The molecule has 68 heavy (non-hydrogen) atoms. The van der Waals surface area contributed by atoms with Gasteiger partial charge in [-0.1, -0.05) is 54.1 Å². The molecule has 2 atom stereocenters. The minimum Gasteiger partial charge on any atom is -0.497 e. The Morgan fingerprint density at radius 2 is 1.71 bits per heavy atom. The highest BCUT2D eigenvalue weighted by molar-refractivity contribution is 6.36. The number of nitrogens with one attached hydrogen (secondary N) is 1. The zero-order valence-corrected chi connectivity index (χ0v) is 38.3. The zero-order valence-electron chi connectivity index (χ0n) is 37.6. The second kappa shape index (κ2) is 18.3. The van der Waals surface area contributed by atoms with Gasteiger partial charge >= 0.3 is 18.3 Å². The average molecular weight is 955 g/mol. The Labute approximate surface area is 394 Å². The van der Waals surface area contributed by atoms with Gasteiger partial charge in [-0.15, -0.1) is 0 Å². The molecule has 0 radical (unpaired) electrons. The molecule has 2 N–H and O–H groups in total. The van der Waals surface area contributed by atoms with Crippen LogP contribution < -0.4 is 34.1 Å². The highest BCUT2D eigenvalue weighted by Gasteiger charge is 2.50. The number of halogens is 5. The van der Waals surface area contributed by atoms with Crippen molar-refractivity contribution in [1.29, 1.82) is 0 Å². The van der Waals surface area contributed by atoms with Crippen LogP contribution in [0, 0.1) is 12.7 Å². The van der Waals surface area contributed by atoms with Crippen LogP contribution >= 0.6 is 11.6 Å². The fourth-order valence-corrected chi connectivity index (χ4v) is 9.74. The largest absolute Gasteiger partial charge is 0.497 e. The smallest absolute Gasteiger partial charge is 0.418 e. The van der Waals surface area contributed by atoms with Crippen molar-refractivity contribution in [2.24, 2.45) is 0 Å². The fraction of sp³-hybridized carbons (Fsp3) is 0.327. The number of pyridine rings is 2. The topological polar surface area (TPSA) is 148 Å². The summed E-state index contributed by atoms with van der Waals surface area (Å²) in [5, 5.41) is 11.5. The SMILES string of the molecule is C=C1CN2CC[C@@]2(COc2nc3c4c(c(Cl)c(-c5nc(N(Cc6ccc(OC)cc6)Cc6ccc(OC)cc6)cc(C)c5C(F)(F)F)c(F)c4n2)OCCN3[C@H](C)c2cccnc2NC(=O)O)C1. The first-order valence-corrected chi connectivity index (χ1v) is 22.2. The van der Waals surface area contributed by atoms with Crippen molar-refractivity contribution in [2.45, 2.75) is 57.5 Å². The Kier molecular flexibility index (Phi) is 12.4. The molecular weight excluding hydrogens is 908 g/mol. The van der Waals surface area contributed by atoms with Gasteiger partial charge in [-0.25, -0.2) is 19.2 Å². The first-order chi connectivity index (χ1) is 32.6. The van der Waals surface area contributed by atoms with Gasteiger partial charge in [-0.05, 0) is 79.8 Å². The third-order valence-corrected chi connectivity index (χ3v) is 13.2. The van der Waals surface area contributed by atoms with Crippen LogP contribution in [0.2, 0.25) is 5.02 Å². The molecule has 1 amide bonds. The minimum atomic E-state index is -5.02. The second-order valence-corrected chi connectivity index (χ2v) is 17.5. The number of carbonyl (C=O) groups is 1. The number of methoxy groups -OCH3 is 2. The lowest BCUT2D eigenvalue weighted by Gasteiger charge is -2.47. The number of aromatic nitrogens is 4. The van der Waals surface area contributed by atoms with E-state index in [0.717, 1.165) is 29.7 Å². The van der Waals surface area contributed by atoms with Gasteiger partial charge in [0.25, 0.3) is 0 Å². The van der Waals surface area contributed by atoms with E-state index in [1.165, 1.54) is 19.2 Å². The Balaban J connectivity index is 1.24. The summed E-state index contributed by atoms with van der Waals surface area (Å²) < 4.78 is 87.9. The molecule has 19 heteroatoms. The molecule has 3 aliphatic heterocycles. The number of benzene rings is 3. The first kappa shape index (κ1) is 46.2. The summed E-state index contributed by atoms with van der Waals surface area (Å²) in [5.41, 5.74) is -0.568. The number of carboxylic acid groups (broad SMARTS) is 1. The van der Waals surface area contributed by atoms with Crippen LogP contribution in [0.1, 0.15) is 53.6 Å². The summed E-state index contributed by atoms with van der Waals surface area (Å²) in [6.45, 7) is 9.30. The van der Waals surface area contributed by atoms with Crippen molar-refractivity contribution in [2.75, 3.05) is 62.2 Å². The molecule has 6 heterocycles. The van der Waals surface area contributed by atoms with Gasteiger partial charge in [0.1, 0.15) is 47.7 Å². The van der Waals surface area contributed by atoms with Crippen LogP contribution in [0.5, 0.6) is 23.3 Å². The highest BCUT2D eigenvalue weighted by Crippen LogP contribution is 2.52. The number of anilines is 3. The van der Waals surface area contributed by atoms with Crippen molar-refractivity contribution >= 4 is 46.1 Å². The quantitative estimate of drug-likeness (QED) is 0.0789. The zero-order chi connectivity index (χ0) is 48.1. The summed E-state index contributed by atoms with van der Waals surface area (Å²) in [5.74, 6) is 0.129. The van der Waals surface area contributed by atoms with E-state index < -0.39 is 51.5 Å². The summed E-state index contributed by atoms with van der Waals surface area (Å²) in [6.07, 6.45) is -3.43. The predicted molar refractivity (Wildman–Crippen MR) is 249 cm³/mol. The number of nitrogens with zero attached hydrogens (tertiary/aromatic N) is 7. The van der Waals surface area contributed by atoms with Crippen molar-refractivity contribution in [3.8, 4) is 34.5 Å². The molecule has 0 aliphatic carbocycles. The van der Waals surface area contributed by atoms with E-state index in [4.69, 9.17) is 35.5 Å². The lowest BCUT2D eigenvalue weighted by Crippen LogP contribution is -2.59. The normalized spacial score (nSPS) is 17.2. The molecule has 2 saturated heterocycles. The highest BCUT2D eigenvalue weighted by atomic mass is 35.5. The van der Waals surface area contributed by atoms with Crippen molar-refractivity contribution < 1.29 is 46.4 Å². The maximum atomic E-state index is 18.1. The van der Waals surface area contributed by atoms with Gasteiger partial charge in [0.05, 0.1) is 59.6 Å². The monoisotopic (exact) mass is 954 g/mol. The number of amides is 1. The van der Waals surface area contributed by atoms with Crippen molar-refractivity contribution in [3.63, 3.8) is 0 Å². The van der Waals surface area contributed by atoms with E-state index in [0.29, 0.717) is 30.0 Å². The molecule has 3 aromatic heterocycles. The fourth-order valence-electron chi connectivity index (χ4n) is 9.42. The molecule has 3 aromatic carbocycles. The Morgan fingerprint density at radius 3 is 2.29 bits per heavy atom. The minimum absolute atomic E-state index is 0.0238. The molecule has 9 rings (SSSR count). The van der Waals surface area contributed by atoms with Gasteiger partial charge in [0.15, 0.2) is 11.6 Å². The molecule has 0 unspecified atom stereocenters. The van der Waals surface area contributed by atoms with Crippen LogP contribution in [0.4, 0.5) is 39.8 Å². The second-order valence-electron chi connectivity index (χ2n) is 17.2. The van der Waals surface area contributed by atoms with E-state index >= 15 is 17.6 Å². The van der Waals surface area contributed by atoms with Crippen LogP contribution in [0.3, 0.4) is 0 Å². The van der Waals surface area contributed by atoms with Gasteiger partial charge < -0.3 is 33.9 Å². The van der Waals surface area contributed by atoms with Gasteiger partial charge in [-0.2, -0.15) is 23.1 Å². The molecule has 0 spiro atoms. The maximum absolute atomic E-state index is 18.1. The lowest BCUT2D eigenvalue weighted by molar-refractivity contribution is -0.137. The average Bonchev–Trinajstić information content (AvgIpc) is 3.40. The number of aryl methyl sites for hydroxylation is 1. The Morgan fingerprint density at radius 1 is 1.03 bits per heavy atom. The van der Waals surface area contributed by atoms with Crippen LogP contribution in [-0.2, 0) is 19.3 Å². The van der Waals surface area contributed by atoms with Gasteiger partial charge in [0.2, 0.25) is 0 Å². The van der Waals surface area contributed by atoms with Crippen molar-refractivity contribution in [1.82, 2.24) is 24.8 Å². The summed E-state index contributed by atoms with van der Waals surface area (Å²) in [6, 6.07) is 18.2. The number of hydrogen-bond acceptors (Lipinski definition) is 12. The lowest BCUT2D eigenvalue weighted by atomic mass is 9.85. The number of hydrogen-bond donors (Lipinski definition) is 2. The molecule has 0 saturated carbocycles. The van der Waals surface area contributed by atoms with Crippen LogP contribution in [0.15, 0.2) is 85.1 Å². The molecule has 0 bridgehead atoms. The van der Waals surface area contributed by atoms with E-state index in [1.54, 1.807) is 67.3 Å². The summed E-state index contributed by atoms with van der Waals surface area (Å²) in [4.78, 5) is 35.9. The number of alkyl halides is 3. The third-order valence-electron chi connectivity index (χ3n) is 12.9. The predicted octanol–water partition coefficient (Wildman–Crippen LogP) is 10.3. The molecule has 14 nitrogen and oxygen atoms in total. The van der Waals surface area contributed by atoms with E-state index in [1.807, 2.05) is 24.3 Å². The standard InChI is InChI=1S/C49H47ClF4N8O6/c1-27-22-48(16-18-61(48)23-27)26-68-46-57-42-37-43(67-20-19-62(45(37)59-46)29(3)34-7-6-17-55-44(34)58-47(63)64)39(50)36(40(42)51)41-38(49(52,53)54)28(2)21-35(56-41)60(24-30-8-12-32(65-4)13-9-30)25-31-10-14-33(66-5)15-11-31/h6-15,17,21,29H,1,16,18-20,22-26H2,2-5H3,(H,55,58)(H,63,64)/t29-,48+/m1/s1. The third kappa shape index (κ3) is 8.73. The van der Waals surface area contributed by atoms with Crippen LogP contribution in [0.25, 0.3) is 22.2 Å². The van der Waals surface area contributed by atoms with E-state index in [9.17, 15) is 9.90 Å². The Bertz CT molecular complexity index is 2880. The Hall–Kier alpha value is -6.92.